The summed E-state index contributed by atoms with van der Waals surface area (Å²) in [6.07, 6.45) is -2.01. The number of fused-ring (bicyclic) bond motifs is 1. The molecule has 0 aliphatic heterocycles. The molecule has 1 fully saturated rings. The predicted molar refractivity (Wildman–Crippen MR) is 106 cm³/mol. The van der Waals surface area contributed by atoms with Crippen LogP contribution in [-0.2, 0) is 17.8 Å². The van der Waals surface area contributed by atoms with Crippen LogP contribution in [0.3, 0.4) is 0 Å². The Morgan fingerprint density at radius 3 is 2.52 bits per heavy atom. The van der Waals surface area contributed by atoms with E-state index in [1.165, 1.54) is 0 Å². The van der Waals surface area contributed by atoms with Crippen LogP contribution in [0.25, 0.3) is 10.2 Å². The molecule has 0 bridgehead atoms. The number of hydrogen-bond donors (Lipinski definition) is 2. The Morgan fingerprint density at radius 2 is 1.97 bits per heavy atom. The van der Waals surface area contributed by atoms with Crippen molar-refractivity contribution in [1.82, 2.24) is 20.0 Å². The Labute approximate surface area is 169 Å². The van der Waals surface area contributed by atoms with Gasteiger partial charge in [-0.1, -0.05) is 0 Å². The van der Waals surface area contributed by atoms with Crippen LogP contribution in [0, 0.1) is 6.92 Å². The highest BCUT2D eigenvalue weighted by atomic mass is 32.1. The second kappa shape index (κ2) is 7.86. The molecule has 160 valence electrons. The lowest BCUT2D eigenvalue weighted by Crippen LogP contribution is -2.40. The Balaban J connectivity index is 1.93. The van der Waals surface area contributed by atoms with Gasteiger partial charge < -0.3 is 4.74 Å². The summed E-state index contributed by atoms with van der Waals surface area (Å²) in [6.45, 7) is 6.28. The summed E-state index contributed by atoms with van der Waals surface area (Å²) in [6, 6.07) is -0.224. The summed E-state index contributed by atoms with van der Waals surface area (Å²) >= 11 is 1.09. The highest BCUT2D eigenvalue weighted by molar-refractivity contribution is 7.18. The van der Waals surface area contributed by atoms with Crippen molar-refractivity contribution < 1.29 is 18.3 Å². The molecule has 1 aliphatic rings. The minimum Gasteiger partial charge on any atom is -0.443 e. The number of hydrazine groups is 1. The van der Waals surface area contributed by atoms with E-state index in [1.807, 2.05) is 0 Å². The van der Waals surface area contributed by atoms with Crippen LogP contribution in [0.2, 0.25) is 0 Å². The summed E-state index contributed by atoms with van der Waals surface area (Å²) in [5.74, 6) is 0. The first-order valence-electron chi connectivity index (χ1n) is 9.27. The summed E-state index contributed by atoms with van der Waals surface area (Å²) in [7, 11) is 0. The van der Waals surface area contributed by atoms with E-state index in [2.05, 4.69) is 10.9 Å². The smallest absolute Gasteiger partial charge is 0.422 e. The van der Waals surface area contributed by atoms with Crippen LogP contribution in [0.4, 0.5) is 13.6 Å². The van der Waals surface area contributed by atoms with Gasteiger partial charge in [-0.25, -0.2) is 23.8 Å². The zero-order valence-corrected chi connectivity index (χ0v) is 17.5. The van der Waals surface area contributed by atoms with Crippen LogP contribution in [-0.4, -0.2) is 27.3 Å². The van der Waals surface area contributed by atoms with Gasteiger partial charge in [0.25, 0.3) is 12.0 Å². The van der Waals surface area contributed by atoms with Crippen LogP contribution in [0.1, 0.15) is 50.1 Å². The van der Waals surface area contributed by atoms with Crippen molar-refractivity contribution in [3.05, 3.63) is 31.3 Å². The Morgan fingerprint density at radius 1 is 1.31 bits per heavy atom. The third-order valence-electron chi connectivity index (χ3n) is 4.41. The van der Waals surface area contributed by atoms with E-state index >= 15 is 0 Å². The molecule has 0 aromatic carbocycles. The largest absolute Gasteiger partial charge is 0.443 e. The first kappa shape index (κ1) is 21.4. The van der Waals surface area contributed by atoms with E-state index in [0.29, 0.717) is 23.3 Å². The highest BCUT2D eigenvalue weighted by Crippen LogP contribution is 2.34. The molecule has 0 radical (unpaired) electrons. The second-order valence-electron chi connectivity index (χ2n) is 8.00. The molecular formula is C18H24F2N4O4S. The van der Waals surface area contributed by atoms with Crippen molar-refractivity contribution in [3.8, 4) is 0 Å². The number of carbonyl (C=O) groups excluding carboxylic acids is 1. The molecular weight excluding hydrogens is 406 g/mol. The number of thiophene rings is 1. The molecule has 0 atom stereocenters. The molecule has 8 nitrogen and oxygen atoms in total. The fourth-order valence-corrected chi connectivity index (χ4v) is 4.27. The third kappa shape index (κ3) is 4.67. The summed E-state index contributed by atoms with van der Waals surface area (Å²) in [5, 5.41) is 0.274. The van der Waals surface area contributed by atoms with Crippen molar-refractivity contribution in [2.45, 2.75) is 71.7 Å². The Hall–Kier alpha value is -2.27. The topological polar surface area (TPSA) is 94.4 Å². The van der Waals surface area contributed by atoms with Crippen LogP contribution in [0.15, 0.2) is 9.59 Å². The average Bonchev–Trinajstić information content (AvgIpc) is 3.34. The monoisotopic (exact) mass is 430 g/mol. The van der Waals surface area contributed by atoms with E-state index in [-0.39, 0.29) is 22.8 Å². The number of carbonyl (C=O) groups is 1. The summed E-state index contributed by atoms with van der Waals surface area (Å²) in [5.41, 5.74) is 3.91. The molecule has 2 heterocycles. The molecule has 29 heavy (non-hydrogen) atoms. The fourth-order valence-electron chi connectivity index (χ4n) is 3.03. The van der Waals surface area contributed by atoms with Gasteiger partial charge in [0, 0.05) is 17.5 Å². The normalized spacial score (nSPS) is 14.6. The van der Waals surface area contributed by atoms with Gasteiger partial charge in [-0.15, -0.1) is 11.3 Å². The van der Waals surface area contributed by atoms with Crippen molar-refractivity contribution in [2.24, 2.45) is 0 Å². The van der Waals surface area contributed by atoms with E-state index in [9.17, 15) is 23.2 Å². The van der Waals surface area contributed by atoms with Gasteiger partial charge in [0.15, 0.2) is 0 Å². The zero-order valence-electron chi connectivity index (χ0n) is 16.7. The number of nitrogens with zero attached hydrogens (tertiary/aromatic N) is 2. The lowest BCUT2D eigenvalue weighted by Gasteiger charge is -2.19. The van der Waals surface area contributed by atoms with Crippen LogP contribution < -0.4 is 22.1 Å². The van der Waals surface area contributed by atoms with Gasteiger partial charge in [0.05, 0.1) is 11.9 Å². The molecule has 2 aromatic rings. The number of hydrogen-bond acceptors (Lipinski definition) is 6. The van der Waals surface area contributed by atoms with Gasteiger partial charge in [0.1, 0.15) is 10.4 Å². The molecule has 1 saturated carbocycles. The second-order valence-corrected chi connectivity index (χ2v) is 9.09. The first-order chi connectivity index (χ1) is 13.5. The minimum atomic E-state index is -2.72. The number of halogens is 2. The number of alkyl halides is 2. The number of ether oxygens (including phenoxy) is 1. The highest BCUT2D eigenvalue weighted by Gasteiger charge is 2.31. The third-order valence-corrected chi connectivity index (χ3v) is 5.73. The molecule has 2 aromatic heterocycles. The van der Waals surface area contributed by atoms with Gasteiger partial charge in [-0.3, -0.25) is 19.4 Å². The summed E-state index contributed by atoms with van der Waals surface area (Å²) < 4.78 is 33.4. The standard InChI is InChI=1S/C18H24F2N4O4S/c1-9-11(7-21-22-16(26)28-18(2,3)4)29-15-13(9)14(25)24(10-5-6-10)17(27)23(15)8-12(19)20/h10,12,21H,5-8H2,1-4H3,(H,22,26). The molecule has 0 unspecified atom stereocenters. The molecule has 2 N–H and O–H groups in total. The van der Waals surface area contributed by atoms with Crippen LogP contribution in [0.5, 0.6) is 0 Å². The van der Waals surface area contributed by atoms with Gasteiger partial charge in [-0.2, -0.15) is 0 Å². The zero-order chi connectivity index (χ0) is 21.5. The quantitative estimate of drug-likeness (QED) is 0.687. The maximum absolute atomic E-state index is 13.1. The molecule has 11 heteroatoms. The lowest BCUT2D eigenvalue weighted by atomic mass is 10.2. The molecule has 0 saturated heterocycles. The van der Waals surface area contributed by atoms with Crippen molar-refractivity contribution in [3.63, 3.8) is 0 Å². The number of rotatable bonds is 6. The Bertz CT molecular complexity index is 1050. The van der Waals surface area contributed by atoms with Crippen LogP contribution >= 0.6 is 11.3 Å². The maximum Gasteiger partial charge on any atom is 0.422 e. The van der Waals surface area contributed by atoms with E-state index in [0.717, 1.165) is 20.5 Å². The van der Waals surface area contributed by atoms with E-state index < -0.39 is 35.9 Å². The average molecular weight is 430 g/mol. The maximum atomic E-state index is 13.1. The number of aryl methyl sites for hydroxylation is 1. The van der Waals surface area contributed by atoms with Crippen molar-refractivity contribution >= 4 is 27.6 Å². The van der Waals surface area contributed by atoms with Crippen molar-refractivity contribution in [2.75, 3.05) is 0 Å². The predicted octanol–water partition coefficient (Wildman–Crippen LogP) is 2.66. The number of amides is 1. The Kier molecular flexibility index (Phi) is 5.81. The number of aromatic nitrogens is 2. The van der Waals surface area contributed by atoms with Gasteiger partial charge in [-0.05, 0) is 46.1 Å². The minimum absolute atomic E-state index is 0.149. The first-order valence-corrected chi connectivity index (χ1v) is 10.1. The lowest BCUT2D eigenvalue weighted by molar-refractivity contribution is 0.0497. The molecule has 1 aliphatic carbocycles. The SMILES string of the molecule is Cc1c(CNNC(=O)OC(C)(C)C)sc2c1c(=O)n(C1CC1)c(=O)n2CC(F)F. The molecule has 1 amide bonds. The fraction of sp³-hybridized carbons (Fsp3) is 0.611. The molecule has 3 rings (SSSR count). The molecule has 0 spiro atoms. The van der Waals surface area contributed by atoms with Gasteiger partial charge in [0.2, 0.25) is 0 Å². The van der Waals surface area contributed by atoms with E-state index in [4.69, 9.17) is 4.74 Å². The van der Waals surface area contributed by atoms with E-state index in [1.54, 1.807) is 27.7 Å². The van der Waals surface area contributed by atoms with Crippen molar-refractivity contribution in [1.29, 1.82) is 0 Å². The summed E-state index contributed by atoms with van der Waals surface area (Å²) in [4.78, 5) is 38.2. The van der Waals surface area contributed by atoms with Gasteiger partial charge >= 0.3 is 11.8 Å². The number of nitrogens with one attached hydrogen (secondary N) is 2.